The molecule has 1 heterocycles. The summed E-state index contributed by atoms with van der Waals surface area (Å²) in [5.74, 6) is 0.222. The summed E-state index contributed by atoms with van der Waals surface area (Å²) in [6.07, 6.45) is 2.63. The van der Waals surface area contributed by atoms with E-state index in [1.54, 1.807) is 0 Å². The summed E-state index contributed by atoms with van der Waals surface area (Å²) < 4.78 is 27.9. The summed E-state index contributed by atoms with van der Waals surface area (Å²) in [7, 11) is -3.79. The standard InChI is InChI=1S/C9H14N2O3S/c1-9(2,3)14-7-4-5-11-6-8(7)15(10,12)13/h4-6H,1-3H3,(H2,10,12,13). The Balaban J connectivity index is 3.20. The van der Waals surface area contributed by atoms with Gasteiger partial charge >= 0.3 is 0 Å². The van der Waals surface area contributed by atoms with E-state index < -0.39 is 15.6 Å². The Morgan fingerprint density at radius 3 is 2.47 bits per heavy atom. The molecule has 84 valence electrons. The van der Waals surface area contributed by atoms with Gasteiger partial charge in [-0.3, -0.25) is 4.98 Å². The minimum Gasteiger partial charge on any atom is -0.487 e. The van der Waals surface area contributed by atoms with Crippen molar-refractivity contribution in [3.05, 3.63) is 18.5 Å². The van der Waals surface area contributed by atoms with Gasteiger partial charge in [0.25, 0.3) is 0 Å². The molecule has 15 heavy (non-hydrogen) atoms. The van der Waals surface area contributed by atoms with E-state index in [-0.39, 0.29) is 10.6 Å². The molecule has 0 aliphatic rings. The molecule has 0 spiro atoms. The summed E-state index contributed by atoms with van der Waals surface area (Å²) in [6, 6.07) is 1.48. The van der Waals surface area contributed by atoms with Crippen molar-refractivity contribution in [3.8, 4) is 5.75 Å². The molecule has 0 atom stereocenters. The van der Waals surface area contributed by atoms with Gasteiger partial charge < -0.3 is 4.74 Å². The Bertz CT molecular complexity index is 449. The first-order chi connectivity index (χ1) is 6.70. The largest absolute Gasteiger partial charge is 0.487 e. The maximum atomic E-state index is 11.2. The third kappa shape index (κ3) is 3.49. The van der Waals surface area contributed by atoms with Crippen LogP contribution in [-0.4, -0.2) is 19.0 Å². The Morgan fingerprint density at radius 1 is 1.40 bits per heavy atom. The predicted molar refractivity (Wildman–Crippen MR) is 56.0 cm³/mol. The van der Waals surface area contributed by atoms with Gasteiger partial charge in [0.2, 0.25) is 10.0 Å². The molecule has 0 fully saturated rings. The Morgan fingerprint density at radius 2 is 2.00 bits per heavy atom. The summed E-state index contributed by atoms with van der Waals surface area (Å²) in [4.78, 5) is 3.61. The van der Waals surface area contributed by atoms with Crippen molar-refractivity contribution < 1.29 is 13.2 Å². The molecule has 0 saturated heterocycles. The molecule has 6 heteroatoms. The molecule has 2 N–H and O–H groups in total. The highest BCUT2D eigenvalue weighted by Crippen LogP contribution is 2.24. The highest BCUT2D eigenvalue weighted by atomic mass is 32.2. The smallest absolute Gasteiger partial charge is 0.243 e. The second-order valence-electron chi connectivity index (χ2n) is 4.08. The third-order valence-corrected chi connectivity index (χ3v) is 2.39. The summed E-state index contributed by atoms with van der Waals surface area (Å²) >= 11 is 0. The summed E-state index contributed by atoms with van der Waals surface area (Å²) in [5.41, 5.74) is -0.485. The maximum Gasteiger partial charge on any atom is 0.243 e. The van der Waals surface area contributed by atoms with Crippen molar-refractivity contribution in [2.75, 3.05) is 0 Å². The van der Waals surface area contributed by atoms with Crippen LogP contribution < -0.4 is 9.88 Å². The van der Waals surface area contributed by atoms with Crippen LogP contribution in [0.4, 0.5) is 0 Å². The van der Waals surface area contributed by atoms with Crippen molar-refractivity contribution >= 4 is 10.0 Å². The predicted octanol–water partition coefficient (Wildman–Crippen LogP) is 0.906. The van der Waals surface area contributed by atoms with Crippen molar-refractivity contribution in [1.29, 1.82) is 0 Å². The number of nitrogens with zero attached hydrogens (tertiary/aromatic N) is 1. The van der Waals surface area contributed by atoms with E-state index in [9.17, 15) is 8.42 Å². The van der Waals surface area contributed by atoms with Crippen molar-refractivity contribution in [1.82, 2.24) is 4.98 Å². The number of primary sulfonamides is 1. The monoisotopic (exact) mass is 230 g/mol. The molecule has 1 rings (SSSR count). The molecule has 0 amide bonds. The van der Waals surface area contributed by atoms with E-state index in [1.807, 2.05) is 20.8 Å². The van der Waals surface area contributed by atoms with E-state index in [2.05, 4.69) is 4.98 Å². The van der Waals surface area contributed by atoms with Gasteiger partial charge in [0.1, 0.15) is 16.2 Å². The van der Waals surface area contributed by atoms with Crippen LogP contribution in [0.1, 0.15) is 20.8 Å². The fourth-order valence-corrected chi connectivity index (χ4v) is 1.59. The maximum absolute atomic E-state index is 11.2. The number of hydrogen-bond acceptors (Lipinski definition) is 4. The molecule has 5 nitrogen and oxygen atoms in total. The lowest BCUT2D eigenvalue weighted by molar-refractivity contribution is 0.126. The molecular weight excluding hydrogens is 216 g/mol. The first kappa shape index (κ1) is 11.9. The van der Waals surface area contributed by atoms with Crippen LogP contribution in [0.5, 0.6) is 5.75 Å². The van der Waals surface area contributed by atoms with Crippen molar-refractivity contribution in [2.24, 2.45) is 5.14 Å². The SMILES string of the molecule is CC(C)(C)Oc1ccncc1S(N)(=O)=O. The van der Waals surface area contributed by atoms with Crippen molar-refractivity contribution in [2.45, 2.75) is 31.3 Å². The van der Waals surface area contributed by atoms with E-state index >= 15 is 0 Å². The van der Waals surface area contributed by atoms with Gasteiger partial charge in [-0.05, 0) is 26.8 Å². The molecule has 0 aliphatic carbocycles. The second-order valence-corrected chi connectivity index (χ2v) is 5.61. The first-order valence-corrected chi connectivity index (χ1v) is 5.90. The molecule has 0 saturated carbocycles. The highest BCUT2D eigenvalue weighted by molar-refractivity contribution is 7.89. The number of rotatable bonds is 2. The summed E-state index contributed by atoms with van der Waals surface area (Å²) in [5, 5.41) is 5.03. The number of ether oxygens (including phenoxy) is 1. The van der Waals surface area contributed by atoms with Gasteiger partial charge in [-0.25, -0.2) is 13.6 Å². The third-order valence-electron chi connectivity index (χ3n) is 1.47. The molecule has 0 radical (unpaired) electrons. The number of sulfonamides is 1. The molecule has 0 bridgehead atoms. The number of nitrogens with two attached hydrogens (primary N) is 1. The number of pyridine rings is 1. The molecular formula is C9H14N2O3S. The number of aromatic nitrogens is 1. The lowest BCUT2D eigenvalue weighted by Gasteiger charge is -2.22. The normalized spacial score (nSPS) is 12.5. The van der Waals surface area contributed by atoms with E-state index in [0.29, 0.717) is 0 Å². The minimum absolute atomic E-state index is 0.0973. The summed E-state index contributed by atoms with van der Waals surface area (Å²) in [6.45, 7) is 5.46. The van der Waals surface area contributed by atoms with Crippen molar-refractivity contribution in [3.63, 3.8) is 0 Å². The lowest BCUT2D eigenvalue weighted by atomic mass is 10.2. The van der Waals surface area contributed by atoms with Gasteiger partial charge in [0, 0.05) is 6.20 Å². The molecule has 0 aromatic carbocycles. The van der Waals surface area contributed by atoms with Crippen LogP contribution in [0.3, 0.4) is 0 Å². The van der Waals surface area contributed by atoms with Gasteiger partial charge in [0.05, 0.1) is 6.20 Å². The Labute approximate surface area is 89.3 Å². The molecule has 0 unspecified atom stereocenters. The fourth-order valence-electron chi connectivity index (χ4n) is 0.995. The fraction of sp³-hybridized carbons (Fsp3) is 0.444. The highest BCUT2D eigenvalue weighted by Gasteiger charge is 2.19. The first-order valence-electron chi connectivity index (χ1n) is 4.36. The van der Waals surface area contributed by atoms with Crippen LogP contribution in [0, 0.1) is 0 Å². The van der Waals surface area contributed by atoms with Crippen LogP contribution in [-0.2, 0) is 10.0 Å². The van der Waals surface area contributed by atoms with Crippen LogP contribution in [0.2, 0.25) is 0 Å². The molecule has 1 aromatic heterocycles. The van der Waals surface area contributed by atoms with E-state index in [0.717, 1.165) is 0 Å². The van der Waals surface area contributed by atoms with Crippen LogP contribution >= 0.6 is 0 Å². The van der Waals surface area contributed by atoms with Crippen LogP contribution in [0.25, 0.3) is 0 Å². The quantitative estimate of drug-likeness (QED) is 0.818. The van der Waals surface area contributed by atoms with Gasteiger partial charge in [-0.2, -0.15) is 0 Å². The van der Waals surface area contributed by atoms with Gasteiger partial charge in [-0.1, -0.05) is 0 Å². The topological polar surface area (TPSA) is 82.3 Å². The average Bonchev–Trinajstić information content (AvgIpc) is 1.99. The van der Waals surface area contributed by atoms with Gasteiger partial charge in [0.15, 0.2) is 0 Å². The zero-order chi connectivity index (χ0) is 11.7. The Hall–Kier alpha value is -1.14. The zero-order valence-electron chi connectivity index (χ0n) is 8.89. The zero-order valence-corrected chi connectivity index (χ0v) is 9.71. The molecule has 1 aromatic rings. The van der Waals surface area contributed by atoms with Gasteiger partial charge in [-0.15, -0.1) is 0 Å². The minimum atomic E-state index is -3.79. The molecule has 0 aliphatic heterocycles. The van der Waals surface area contributed by atoms with E-state index in [1.165, 1.54) is 18.5 Å². The Kier molecular flexibility index (Phi) is 3.01. The van der Waals surface area contributed by atoms with E-state index in [4.69, 9.17) is 9.88 Å². The second kappa shape index (κ2) is 3.79. The number of hydrogen-bond donors (Lipinski definition) is 1. The average molecular weight is 230 g/mol. The lowest BCUT2D eigenvalue weighted by Crippen LogP contribution is -2.25. The van der Waals surface area contributed by atoms with Crippen LogP contribution in [0.15, 0.2) is 23.4 Å².